The molecule has 0 aliphatic heterocycles. The number of alkyl halides is 1. The molecular weight excluding hydrogens is 334 g/mol. The smallest absolute Gasteiger partial charge is 0.320 e. The highest BCUT2D eigenvalue weighted by Crippen LogP contribution is 2.35. The van der Waals surface area contributed by atoms with E-state index in [1.54, 1.807) is 0 Å². The molecule has 2 fully saturated rings. The van der Waals surface area contributed by atoms with Crippen LogP contribution in [0.25, 0.3) is 0 Å². The maximum Gasteiger partial charge on any atom is 0.320 e. The summed E-state index contributed by atoms with van der Waals surface area (Å²) >= 11 is 3.08. The van der Waals surface area contributed by atoms with Crippen molar-refractivity contribution in [2.75, 3.05) is 0 Å². The van der Waals surface area contributed by atoms with Crippen LogP contribution in [0.2, 0.25) is 0 Å². The number of nitrogens with two attached hydrogens (primary N) is 1. The van der Waals surface area contributed by atoms with Gasteiger partial charge in [-0.1, -0.05) is 41.6 Å². The minimum absolute atomic E-state index is 0. The van der Waals surface area contributed by atoms with Gasteiger partial charge in [-0.3, -0.25) is 9.59 Å². The van der Waals surface area contributed by atoms with Crippen LogP contribution in [-0.2, 0) is 9.59 Å². The number of carboxylic acid groups (broad SMARTS) is 2. The lowest BCUT2D eigenvalue weighted by molar-refractivity contribution is -0.139. The fourth-order valence-electron chi connectivity index (χ4n) is 1.56. The first-order chi connectivity index (χ1) is 8.40. The summed E-state index contributed by atoms with van der Waals surface area (Å²) in [5, 5.41) is 16.7. The van der Waals surface area contributed by atoms with Gasteiger partial charge >= 0.3 is 11.9 Å². The van der Waals surface area contributed by atoms with Crippen molar-refractivity contribution in [3.05, 3.63) is 0 Å². The molecule has 0 bridgehead atoms. The predicted molar refractivity (Wildman–Crippen MR) is 81.0 cm³/mol. The Labute approximate surface area is 128 Å². The Bertz CT molecular complexity index is 278. The molecule has 0 spiro atoms. The Balaban J connectivity index is 0.000000324. The zero-order valence-corrected chi connectivity index (χ0v) is 13.3. The van der Waals surface area contributed by atoms with Gasteiger partial charge in [0.25, 0.3) is 0 Å². The standard InChI is InChI=1S/C6H9BrO2.C6H11NO2.H2S/c2*7-5(6(8)9)3-4-1-2-4;/h4-5H,1-3H2,(H,8,9);4-5H,1-3,7H2,(H,8,9);1H2/t2*5-;/m00./s1. The number of halogens is 1. The van der Waals surface area contributed by atoms with Crippen LogP contribution in [0.5, 0.6) is 0 Å². The Kier molecular flexibility index (Phi) is 8.69. The van der Waals surface area contributed by atoms with Gasteiger partial charge in [0.15, 0.2) is 0 Å². The van der Waals surface area contributed by atoms with E-state index in [-0.39, 0.29) is 18.3 Å². The van der Waals surface area contributed by atoms with Crippen LogP contribution >= 0.6 is 29.4 Å². The normalized spacial score (nSPS) is 20.3. The Morgan fingerprint density at radius 1 is 1.05 bits per heavy atom. The molecule has 0 saturated heterocycles. The van der Waals surface area contributed by atoms with Crippen molar-refractivity contribution in [3.63, 3.8) is 0 Å². The number of rotatable bonds is 6. The highest BCUT2D eigenvalue weighted by atomic mass is 79.9. The summed E-state index contributed by atoms with van der Waals surface area (Å²) in [5.74, 6) is -0.314. The lowest BCUT2D eigenvalue weighted by Gasteiger charge is -2.02. The SMILES string of the molecule is N[C@@H](CC1CC1)C(=O)O.O=C(O)[C@@H](Br)CC1CC1.S. The third-order valence-electron chi connectivity index (χ3n) is 3.11. The third-order valence-corrected chi connectivity index (χ3v) is 3.87. The summed E-state index contributed by atoms with van der Waals surface area (Å²) < 4.78 is 0. The van der Waals surface area contributed by atoms with Crippen LogP contribution in [0.1, 0.15) is 38.5 Å². The Morgan fingerprint density at radius 3 is 1.79 bits per heavy atom. The average molecular weight is 356 g/mol. The highest BCUT2D eigenvalue weighted by molar-refractivity contribution is 9.10. The van der Waals surface area contributed by atoms with Crippen molar-refractivity contribution in [2.45, 2.75) is 49.4 Å². The van der Waals surface area contributed by atoms with Crippen LogP contribution in [0.15, 0.2) is 0 Å². The summed E-state index contributed by atoms with van der Waals surface area (Å²) in [6.07, 6.45) is 6.23. The largest absolute Gasteiger partial charge is 0.480 e. The van der Waals surface area contributed by atoms with Crippen molar-refractivity contribution in [3.8, 4) is 0 Å². The topological polar surface area (TPSA) is 101 Å². The summed E-state index contributed by atoms with van der Waals surface area (Å²) in [6, 6.07) is -0.627. The molecule has 5 nitrogen and oxygen atoms in total. The highest BCUT2D eigenvalue weighted by Gasteiger charge is 2.27. The molecule has 112 valence electrons. The molecule has 2 rings (SSSR count). The van der Waals surface area contributed by atoms with E-state index in [4.69, 9.17) is 15.9 Å². The second-order valence-electron chi connectivity index (χ2n) is 5.11. The van der Waals surface area contributed by atoms with Gasteiger partial charge in [0.05, 0.1) is 0 Å². The zero-order chi connectivity index (χ0) is 13.7. The van der Waals surface area contributed by atoms with Crippen LogP contribution in [-0.4, -0.2) is 33.0 Å². The van der Waals surface area contributed by atoms with Crippen LogP contribution in [0.3, 0.4) is 0 Å². The molecule has 0 aromatic rings. The van der Waals surface area contributed by atoms with E-state index in [0.717, 1.165) is 6.42 Å². The van der Waals surface area contributed by atoms with Crippen LogP contribution in [0, 0.1) is 11.8 Å². The van der Waals surface area contributed by atoms with E-state index in [2.05, 4.69) is 15.9 Å². The average Bonchev–Trinajstić information content (AvgIpc) is 3.13. The van der Waals surface area contributed by atoms with Gasteiger partial charge in [-0.05, 0) is 24.7 Å². The van der Waals surface area contributed by atoms with Crippen molar-refractivity contribution in [1.29, 1.82) is 0 Å². The van der Waals surface area contributed by atoms with Gasteiger partial charge in [-0.25, -0.2) is 0 Å². The molecule has 4 N–H and O–H groups in total. The number of carbonyl (C=O) groups is 2. The van der Waals surface area contributed by atoms with Gasteiger partial charge in [-0.2, -0.15) is 13.5 Å². The van der Waals surface area contributed by atoms with Gasteiger partial charge in [-0.15, -0.1) is 0 Å². The Morgan fingerprint density at radius 2 is 1.47 bits per heavy atom. The van der Waals surface area contributed by atoms with Crippen molar-refractivity contribution >= 4 is 41.4 Å². The third kappa shape index (κ3) is 9.29. The summed E-state index contributed by atoms with van der Waals surface area (Å²) in [7, 11) is 0. The summed E-state index contributed by atoms with van der Waals surface area (Å²) in [6.45, 7) is 0. The fourth-order valence-corrected chi connectivity index (χ4v) is 2.09. The van der Waals surface area contributed by atoms with Crippen LogP contribution < -0.4 is 5.73 Å². The van der Waals surface area contributed by atoms with E-state index in [9.17, 15) is 9.59 Å². The second kappa shape index (κ2) is 8.81. The monoisotopic (exact) mass is 355 g/mol. The van der Waals surface area contributed by atoms with Crippen LogP contribution in [0.4, 0.5) is 0 Å². The molecule has 2 aliphatic carbocycles. The maximum absolute atomic E-state index is 10.2. The van der Waals surface area contributed by atoms with E-state index < -0.39 is 18.0 Å². The molecule has 2 aliphatic rings. The molecular formula is C12H22BrNO4S. The fraction of sp³-hybridized carbons (Fsp3) is 0.833. The molecule has 19 heavy (non-hydrogen) atoms. The maximum atomic E-state index is 10.2. The molecule has 2 atom stereocenters. The van der Waals surface area contributed by atoms with Crippen molar-refractivity contribution < 1.29 is 19.8 Å². The van der Waals surface area contributed by atoms with Gasteiger partial charge in [0.2, 0.25) is 0 Å². The Hall–Kier alpha value is -0.270. The molecule has 2 saturated carbocycles. The van der Waals surface area contributed by atoms with Crippen molar-refractivity contribution in [1.82, 2.24) is 0 Å². The number of hydrogen-bond acceptors (Lipinski definition) is 3. The lowest BCUT2D eigenvalue weighted by atomic mass is 10.1. The second-order valence-corrected chi connectivity index (χ2v) is 6.21. The molecule has 0 radical (unpaired) electrons. The first-order valence-corrected chi connectivity index (χ1v) is 7.17. The van der Waals surface area contributed by atoms with E-state index in [1.165, 1.54) is 25.7 Å². The van der Waals surface area contributed by atoms with E-state index in [0.29, 0.717) is 18.3 Å². The zero-order valence-electron chi connectivity index (χ0n) is 10.7. The van der Waals surface area contributed by atoms with E-state index in [1.807, 2.05) is 0 Å². The van der Waals surface area contributed by atoms with Crippen molar-refractivity contribution in [2.24, 2.45) is 17.6 Å². The summed E-state index contributed by atoms with van der Waals surface area (Å²) in [5.41, 5.74) is 5.26. The minimum Gasteiger partial charge on any atom is -0.480 e. The summed E-state index contributed by atoms with van der Waals surface area (Å²) in [4.78, 5) is 20.0. The molecule has 0 unspecified atom stereocenters. The lowest BCUT2D eigenvalue weighted by Crippen LogP contribution is -2.30. The number of hydrogen-bond donors (Lipinski definition) is 3. The quantitative estimate of drug-likeness (QED) is 0.632. The minimum atomic E-state index is -0.873. The van der Waals surface area contributed by atoms with Gasteiger partial charge < -0.3 is 15.9 Å². The van der Waals surface area contributed by atoms with E-state index >= 15 is 0 Å². The number of carboxylic acids is 2. The molecule has 0 amide bonds. The first-order valence-electron chi connectivity index (χ1n) is 6.25. The first kappa shape index (κ1) is 18.7. The molecule has 0 heterocycles. The molecule has 7 heteroatoms. The van der Waals surface area contributed by atoms with Gasteiger partial charge in [0.1, 0.15) is 10.9 Å². The molecule has 0 aromatic heterocycles. The predicted octanol–water partition coefficient (Wildman–Crippen LogP) is 1.95. The number of aliphatic carboxylic acids is 2. The van der Waals surface area contributed by atoms with Gasteiger partial charge in [0, 0.05) is 0 Å². The molecule has 0 aromatic carbocycles.